The minimum atomic E-state index is -4.45. The Morgan fingerprint density at radius 1 is 1.22 bits per heavy atom. The van der Waals surface area contributed by atoms with Crippen molar-refractivity contribution in [2.75, 3.05) is 13.1 Å². The lowest BCUT2D eigenvalue weighted by atomic mass is 10.1. The van der Waals surface area contributed by atoms with E-state index in [1.165, 1.54) is 29.5 Å². The number of nitrogens with zero attached hydrogens (tertiary/aromatic N) is 3. The number of likely N-dealkylation sites (tertiary alicyclic amines) is 1. The molecular formula is C15H18F3N3OS. The predicted molar refractivity (Wildman–Crippen MR) is 81.9 cm³/mol. The van der Waals surface area contributed by atoms with Crippen molar-refractivity contribution in [1.82, 2.24) is 14.7 Å². The van der Waals surface area contributed by atoms with E-state index in [2.05, 4.69) is 5.10 Å². The molecule has 2 aromatic heterocycles. The third kappa shape index (κ3) is 3.44. The van der Waals surface area contributed by atoms with Crippen LogP contribution in [-0.2, 0) is 13.2 Å². The SMILES string of the molecule is Cn1nc(C(F)(F)F)cc1-c1ccc(C(O)N2CCCCC2)s1. The maximum atomic E-state index is 12.8. The maximum Gasteiger partial charge on any atom is 0.435 e. The predicted octanol–water partition coefficient (Wildman–Crippen LogP) is 3.64. The molecule has 1 saturated heterocycles. The van der Waals surface area contributed by atoms with E-state index in [0.717, 1.165) is 36.9 Å². The first-order chi connectivity index (χ1) is 10.9. The molecule has 1 unspecified atom stereocenters. The molecule has 1 aliphatic heterocycles. The molecule has 23 heavy (non-hydrogen) atoms. The van der Waals surface area contributed by atoms with Gasteiger partial charge >= 0.3 is 6.18 Å². The molecule has 4 nitrogen and oxygen atoms in total. The lowest BCUT2D eigenvalue weighted by molar-refractivity contribution is -0.141. The van der Waals surface area contributed by atoms with Crippen LogP contribution in [0.5, 0.6) is 0 Å². The average Bonchev–Trinajstić information content (AvgIpc) is 3.13. The van der Waals surface area contributed by atoms with Gasteiger partial charge < -0.3 is 5.11 Å². The van der Waals surface area contributed by atoms with Gasteiger partial charge in [0.05, 0.1) is 10.6 Å². The van der Waals surface area contributed by atoms with Gasteiger partial charge in [-0.3, -0.25) is 9.58 Å². The highest BCUT2D eigenvalue weighted by atomic mass is 32.1. The smallest absolute Gasteiger partial charge is 0.373 e. The van der Waals surface area contributed by atoms with Crippen molar-refractivity contribution >= 4 is 11.3 Å². The molecule has 0 saturated carbocycles. The third-order valence-corrected chi connectivity index (χ3v) is 5.19. The number of hydrogen-bond acceptors (Lipinski definition) is 4. The Hall–Kier alpha value is -1.38. The Kier molecular flexibility index (Phi) is 4.48. The minimum absolute atomic E-state index is 0.402. The topological polar surface area (TPSA) is 41.3 Å². The first kappa shape index (κ1) is 16.5. The zero-order chi connectivity index (χ0) is 16.6. The minimum Gasteiger partial charge on any atom is -0.373 e. The van der Waals surface area contributed by atoms with E-state index in [1.54, 1.807) is 12.1 Å². The standard InChI is InChI=1S/C15H18F3N3OS/c1-20-10(9-13(19-20)15(16,17)18)11-5-6-12(23-11)14(22)21-7-3-2-4-8-21/h5-6,9,14,22H,2-4,7-8H2,1H3. The Morgan fingerprint density at radius 3 is 2.52 bits per heavy atom. The van der Waals surface area contributed by atoms with E-state index in [4.69, 9.17) is 0 Å². The van der Waals surface area contributed by atoms with Crippen LogP contribution >= 0.6 is 11.3 Å². The molecule has 0 bridgehead atoms. The number of rotatable bonds is 3. The van der Waals surface area contributed by atoms with Crippen molar-refractivity contribution in [2.24, 2.45) is 7.05 Å². The summed E-state index contributed by atoms with van der Waals surface area (Å²) in [5, 5.41) is 14.0. The molecule has 2 aromatic rings. The monoisotopic (exact) mass is 345 g/mol. The third-order valence-electron chi connectivity index (χ3n) is 4.04. The zero-order valence-corrected chi connectivity index (χ0v) is 13.5. The molecule has 8 heteroatoms. The average molecular weight is 345 g/mol. The van der Waals surface area contributed by atoms with Crippen LogP contribution in [0, 0.1) is 0 Å². The van der Waals surface area contributed by atoms with Crippen LogP contribution in [0.1, 0.15) is 36.1 Å². The summed E-state index contributed by atoms with van der Waals surface area (Å²) in [5.41, 5.74) is -0.499. The summed E-state index contributed by atoms with van der Waals surface area (Å²) < 4.78 is 39.5. The molecule has 3 heterocycles. The molecule has 1 aliphatic rings. The second-order valence-corrected chi connectivity index (χ2v) is 6.82. The van der Waals surface area contributed by atoms with Crippen molar-refractivity contribution in [2.45, 2.75) is 31.7 Å². The summed E-state index contributed by atoms with van der Waals surface area (Å²) in [7, 11) is 1.49. The van der Waals surface area contributed by atoms with E-state index in [1.807, 2.05) is 4.90 Å². The van der Waals surface area contributed by atoms with Crippen LogP contribution < -0.4 is 0 Å². The van der Waals surface area contributed by atoms with Crippen molar-refractivity contribution in [3.05, 3.63) is 28.8 Å². The number of alkyl halides is 3. The number of aliphatic hydroxyl groups is 1. The second-order valence-electron chi connectivity index (χ2n) is 5.71. The van der Waals surface area contributed by atoms with Gasteiger partial charge in [0, 0.05) is 25.0 Å². The molecule has 0 radical (unpaired) electrons. The molecule has 0 amide bonds. The van der Waals surface area contributed by atoms with Crippen LogP contribution in [0.2, 0.25) is 0 Å². The maximum absolute atomic E-state index is 12.8. The fourth-order valence-corrected chi connectivity index (χ4v) is 3.88. The van der Waals surface area contributed by atoms with Crippen LogP contribution in [0.4, 0.5) is 13.2 Å². The molecule has 0 aromatic carbocycles. The Labute approximate surface area is 136 Å². The lowest BCUT2D eigenvalue weighted by Crippen LogP contribution is -2.33. The molecule has 1 atom stereocenters. The van der Waals surface area contributed by atoms with Crippen LogP contribution in [0.3, 0.4) is 0 Å². The van der Waals surface area contributed by atoms with Crippen molar-refractivity contribution in [3.63, 3.8) is 0 Å². The molecule has 3 rings (SSSR count). The zero-order valence-electron chi connectivity index (χ0n) is 12.7. The van der Waals surface area contributed by atoms with E-state index in [-0.39, 0.29) is 0 Å². The molecule has 1 N–H and O–H groups in total. The number of thiophene rings is 1. The van der Waals surface area contributed by atoms with Gasteiger partial charge in [-0.25, -0.2) is 0 Å². The number of halogens is 3. The van der Waals surface area contributed by atoms with E-state index < -0.39 is 18.1 Å². The largest absolute Gasteiger partial charge is 0.435 e. The molecular weight excluding hydrogens is 327 g/mol. The van der Waals surface area contributed by atoms with E-state index in [0.29, 0.717) is 10.6 Å². The van der Waals surface area contributed by atoms with Gasteiger partial charge in [-0.05, 0) is 31.0 Å². The molecule has 0 spiro atoms. The summed E-state index contributed by atoms with van der Waals surface area (Å²) in [6.07, 6.45) is -1.85. The van der Waals surface area contributed by atoms with Gasteiger partial charge in [-0.15, -0.1) is 11.3 Å². The van der Waals surface area contributed by atoms with Gasteiger partial charge in [-0.1, -0.05) is 6.42 Å². The van der Waals surface area contributed by atoms with Crippen LogP contribution in [0.25, 0.3) is 10.6 Å². The number of aliphatic hydroxyl groups excluding tert-OH is 1. The quantitative estimate of drug-likeness (QED) is 0.923. The van der Waals surface area contributed by atoms with Gasteiger partial charge in [0.15, 0.2) is 5.69 Å². The summed E-state index contributed by atoms with van der Waals surface area (Å²) in [6, 6.07) is 4.56. The van der Waals surface area contributed by atoms with Crippen molar-refractivity contribution in [1.29, 1.82) is 0 Å². The Morgan fingerprint density at radius 2 is 1.91 bits per heavy atom. The van der Waals surface area contributed by atoms with Gasteiger partial charge in [0.1, 0.15) is 6.23 Å². The fraction of sp³-hybridized carbons (Fsp3) is 0.533. The highest BCUT2D eigenvalue weighted by Crippen LogP contribution is 2.36. The fourth-order valence-electron chi connectivity index (χ4n) is 2.81. The lowest BCUT2D eigenvalue weighted by Gasteiger charge is -2.30. The molecule has 126 valence electrons. The van der Waals surface area contributed by atoms with Crippen molar-refractivity contribution < 1.29 is 18.3 Å². The highest BCUT2D eigenvalue weighted by Gasteiger charge is 2.35. The molecule has 1 fully saturated rings. The van der Waals surface area contributed by atoms with Gasteiger partial charge in [0.2, 0.25) is 0 Å². The normalized spacial score (nSPS) is 18.3. The first-order valence-corrected chi connectivity index (χ1v) is 8.31. The van der Waals surface area contributed by atoms with Crippen LogP contribution in [0.15, 0.2) is 18.2 Å². The van der Waals surface area contributed by atoms with Gasteiger partial charge in [0.25, 0.3) is 0 Å². The summed E-state index contributed by atoms with van der Waals surface area (Å²) in [6.45, 7) is 1.69. The summed E-state index contributed by atoms with van der Waals surface area (Å²) in [4.78, 5) is 3.42. The van der Waals surface area contributed by atoms with Crippen molar-refractivity contribution in [3.8, 4) is 10.6 Å². The Bertz CT molecular complexity index is 674. The summed E-state index contributed by atoms with van der Waals surface area (Å²) >= 11 is 1.31. The van der Waals surface area contributed by atoms with Gasteiger partial charge in [-0.2, -0.15) is 18.3 Å². The number of piperidine rings is 1. The number of hydrogen-bond donors (Lipinski definition) is 1. The Balaban J connectivity index is 1.83. The van der Waals surface area contributed by atoms with Crippen LogP contribution in [-0.4, -0.2) is 32.9 Å². The van der Waals surface area contributed by atoms with E-state index >= 15 is 0 Å². The summed E-state index contributed by atoms with van der Waals surface area (Å²) in [5.74, 6) is 0. The first-order valence-electron chi connectivity index (χ1n) is 7.50. The number of aromatic nitrogens is 2. The van der Waals surface area contributed by atoms with E-state index in [9.17, 15) is 18.3 Å². The molecule has 0 aliphatic carbocycles. The second kappa shape index (κ2) is 6.26. The number of aryl methyl sites for hydroxylation is 1. The highest BCUT2D eigenvalue weighted by molar-refractivity contribution is 7.15.